The smallest absolute Gasteiger partial charge is 0.263 e. The molecule has 33 heavy (non-hydrogen) atoms. The summed E-state index contributed by atoms with van der Waals surface area (Å²) >= 11 is 0. The number of hydrogen-bond acceptors (Lipinski definition) is 3. The Morgan fingerprint density at radius 3 is 1.67 bits per heavy atom. The Hall–Kier alpha value is -4.16. The minimum atomic E-state index is -3.85. The fourth-order valence-electron chi connectivity index (χ4n) is 3.73. The highest BCUT2D eigenvalue weighted by Gasteiger charge is 2.26. The van der Waals surface area contributed by atoms with Gasteiger partial charge in [0, 0.05) is 5.56 Å². The lowest BCUT2D eigenvalue weighted by atomic mass is 10.0. The second-order valence-corrected chi connectivity index (χ2v) is 9.15. The molecule has 0 saturated carbocycles. The second kappa shape index (κ2) is 8.76. The van der Waals surface area contributed by atoms with Gasteiger partial charge in [0.15, 0.2) is 5.82 Å². The minimum Gasteiger partial charge on any atom is -0.263 e. The average molecular weight is 452 g/mol. The van der Waals surface area contributed by atoms with Crippen molar-refractivity contribution in [2.75, 3.05) is 4.72 Å². The maximum Gasteiger partial charge on any atom is 0.263 e. The van der Waals surface area contributed by atoms with Crippen molar-refractivity contribution in [3.63, 3.8) is 0 Å². The van der Waals surface area contributed by atoms with Crippen LogP contribution in [0.3, 0.4) is 0 Å². The molecule has 0 saturated heterocycles. The summed E-state index contributed by atoms with van der Waals surface area (Å²) in [6.45, 7) is 0. The van der Waals surface area contributed by atoms with Crippen LogP contribution in [0.25, 0.3) is 28.1 Å². The third-order valence-electron chi connectivity index (χ3n) is 5.28. The van der Waals surface area contributed by atoms with Crippen LogP contribution in [0.15, 0.2) is 126 Å². The molecule has 0 atom stereocenters. The largest absolute Gasteiger partial charge is 0.263 e. The van der Waals surface area contributed by atoms with Crippen molar-refractivity contribution in [2.45, 2.75) is 4.90 Å². The summed E-state index contributed by atoms with van der Waals surface area (Å²) in [6.07, 6.45) is 0. The second-order valence-electron chi connectivity index (χ2n) is 7.47. The quantitative estimate of drug-likeness (QED) is 0.344. The van der Waals surface area contributed by atoms with Gasteiger partial charge >= 0.3 is 0 Å². The van der Waals surface area contributed by atoms with Crippen molar-refractivity contribution in [1.82, 2.24) is 9.78 Å². The lowest BCUT2D eigenvalue weighted by Crippen LogP contribution is -2.16. The van der Waals surface area contributed by atoms with E-state index >= 15 is 0 Å². The summed E-state index contributed by atoms with van der Waals surface area (Å²) in [5.74, 6) is 0.384. The van der Waals surface area contributed by atoms with Crippen molar-refractivity contribution in [2.24, 2.45) is 0 Å². The van der Waals surface area contributed by atoms with Crippen molar-refractivity contribution < 1.29 is 8.42 Å². The third-order valence-corrected chi connectivity index (χ3v) is 6.64. The maximum absolute atomic E-state index is 13.4. The van der Waals surface area contributed by atoms with Gasteiger partial charge in [0.1, 0.15) is 5.69 Å². The summed E-state index contributed by atoms with van der Waals surface area (Å²) in [7, 11) is -3.85. The lowest BCUT2D eigenvalue weighted by Gasteiger charge is -2.13. The highest BCUT2D eigenvalue weighted by molar-refractivity contribution is 7.92. The van der Waals surface area contributed by atoms with Crippen molar-refractivity contribution in [1.29, 1.82) is 0 Å². The summed E-state index contributed by atoms with van der Waals surface area (Å²) in [5.41, 5.74) is 3.92. The Kier molecular flexibility index (Phi) is 5.50. The molecule has 5 aromatic rings. The topological polar surface area (TPSA) is 64.0 Å². The van der Waals surface area contributed by atoms with Crippen LogP contribution < -0.4 is 4.72 Å². The monoisotopic (exact) mass is 451 g/mol. The first-order valence-corrected chi connectivity index (χ1v) is 12.0. The van der Waals surface area contributed by atoms with Gasteiger partial charge in [0.2, 0.25) is 0 Å². The van der Waals surface area contributed by atoms with Gasteiger partial charge in [0.25, 0.3) is 10.0 Å². The van der Waals surface area contributed by atoms with Crippen LogP contribution in [0.4, 0.5) is 5.82 Å². The third kappa shape index (κ3) is 4.16. The molecule has 0 amide bonds. The highest BCUT2D eigenvalue weighted by Crippen LogP contribution is 2.40. The lowest BCUT2D eigenvalue weighted by molar-refractivity contribution is 0.600. The van der Waals surface area contributed by atoms with Crippen LogP contribution in [0.2, 0.25) is 0 Å². The molecule has 0 unspecified atom stereocenters. The van der Waals surface area contributed by atoms with Gasteiger partial charge in [-0.1, -0.05) is 97.1 Å². The van der Waals surface area contributed by atoms with E-state index in [2.05, 4.69) is 4.72 Å². The van der Waals surface area contributed by atoms with Crippen LogP contribution in [0, 0.1) is 0 Å². The SMILES string of the molecule is O=S(=O)(Nc1c(-c2ccccc2)c(-c2ccccc2)nn1-c1ccccc1)c1ccccc1. The van der Waals surface area contributed by atoms with Gasteiger partial charge in [-0.2, -0.15) is 5.10 Å². The van der Waals surface area contributed by atoms with Crippen LogP contribution in [-0.4, -0.2) is 18.2 Å². The van der Waals surface area contributed by atoms with Crippen molar-refractivity contribution in [3.8, 4) is 28.1 Å². The van der Waals surface area contributed by atoms with Gasteiger partial charge < -0.3 is 0 Å². The molecular weight excluding hydrogens is 430 g/mol. The van der Waals surface area contributed by atoms with Gasteiger partial charge in [-0.05, 0) is 29.8 Å². The van der Waals surface area contributed by atoms with Crippen LogP contribution >= 0.6 is 0 Å². The summed E-state index contributed by atoms with van der Waals surface area (Å²) < 4.78 is 31.2. The van der Waals surface area contributed by atoms with Crippen molar-refractivity contribution in [3.05, 3.63) is 121 Å². The summed E-state index contributed by atoms with van der Waals surface area (Å²) in [6, 6.07) is 37.3. The summed E-state index contributed by atoms with van der Waals surface area (Å²) in [5, 5.41) is 4.89. The molecule has 0 aliphatic carbocycles. The molecule has 0 spiro atoms. The zero-order valence-corrected chi connectivity index (χ0v) is 18.5. The molecule has 1 heterocycles. The van der Waals surface area contributed by atoms with E-state index in [0.717, 1.165) is 16.8 Å². The molecule has 4 aromatic carbocycles. The molecule has 0 fully saturated rings. The molecule has 0 aliphatic rings. The molecular formula is C27H21N3O2S. The number of anilines is 1. The molecule has 6 heteroatoms. The Bertz CT molecular complexity index is 1470. The Morgan fingerprint density at radius 2 is 1.09 bits per heavy atom. The molecule has 1 aromatic heterocycles. The number of aromatic nitrogens is 2. The van der Waals surface area contributed by atoms with Crippen LogP contribution in [0.1, 0.15) is 0 Å². The molecule has 5 nitrogen and oxygen atoms in total. The first kappa shape index (κ1) is 20.7. The normalized spacial score (nSPS) is 11.3. The number of nitrogens with one attached hydrogen (secondary N) is 1. The number of benzene rings is 4. The molecule has 5 rings (SSSR count). The molecule has 0 radical (unpaired) electrons. The van der Waals surface area contributed by atoms with E-state index in [0.29, 0.717) is 17.1 Å². The fraction of sp³-hybridized carbons (Fsp3) is 0. The molecule has 0 bridgehead atoms. The van der Waals surface area contributed by atoms with E-state index in [1.165, 1.54) is 0 Å². The molecule has 1 N–H and O–H groups in total. The fourth-order valence-corrected chi connectivity index (χ4v) is 4.81. The summed E-state index contributed by atoms with van der Waals surface area (Å²) in [4.78, 5) is 0.186. The van der Waals surface area contributed by atoms with E-state index in [1.54, 1.807) is 35.0 Å². The van der Waals surface area contributed by atoms with Crippen molar-refractivity contribution >= 4 is 15.8 Å². The van der Waals surface area contributed by atoms with Gasteiger partial charge in [-0.3, -0.25) is 4.72 Å². The van der Waals surface area contributed by atoms with Gasteiger partial charge in [0.05, 0.1) is 16.1 Å². The number of rotatable bonds is 6. The zero-order valence-electron chi connectivity index (χ0n) is 17.7. The number of nitrogens with zero attached hydrogens (tertiary/aromatic N) is 2. The predicted molar refractivity (Wildman–Crippen MR) is 132 cm³/mol. The van der Waals surface area contributed by atoms with Gasteiger partial charge in [-0.25, -0.2) is 13.1 Å². The Labute approximate surface area is 193 Å². The first-order chi connectivity index (χ1) is 16.1. The number of para-hydroxylation sites is 1. The van der Waals surface area contributed by atoms with E-state index in [1.807, 2.05) is 91.0 Å². The Balaban J connectivity index is 1.79. The van der Waals surface area contributed by atoms with Crippen LogP contribution in [-0.2, 0) is 10.0 Å². The van der Waals surface area contributed by atoms with Gasteiger partial charge in [-0.15, -0.1) is 0 Å². The molecule has 0 aliphatic heterocycles. The average Bonchev–Trinajstić information content (AvgIpc) is 3.24. The van der Waals surface area contributed by atoms with Crippen LogP contribution in [0.5, 0.6) is 0 Å². The maximum atomic E-state index is 13.4. The minimum absolute atomic E-state index is 0.186. The standard InChI is InChI=1S/C27H21N3O2S/c31-33(32,24-19-11-4-12-20-24)29-27-25(21-13-5-1-6-14-21)26(22-15-7-2-8-16-22)28-30(27)23-17-9-3-10-18-23/h1-20,29H. The van der Waals surface area contributed by atoms with E-state index in [4.69, 9.17) is 5.10 Å². The highest BCUT2D eigenvalue weighted by atomic mass is 32.2. The predicted octanol–water partition coefficient (Wildman–Crippen LogP) is 6.01. The van der Waals surface area contributed by atoms with E-state index in [-0.39, 0.29) is 4.90 Å². The van der Waals surface area contributed by atoms with E-state index in [9.17, 15) is 8.42 Å². The molecule has 162 valence electrons. The Morgan fingerprint density at radius 1 is 0.606 bits per heavy atom. The zero-order chi connectivity index (χ0) is 22.7. The first-order valence-electron chi connectivity index (χ1n) is 10.5. The number of sulfonamides is 1. The number of hydrogen-bond donors (Lipinski definition) is 1. The van der Waals surface area contributed by atoms with E-state index < -0.39 is 10.0 Å².